The predicted octanol–water partition coefficient (Wildman–Crippen LogP) is 2.45. The highest BCUT2D eigenvalue weighted by Crippen LogP contribution is 2.25. The molecule has 0 aliphatic heterocycles. The minimum absolute atomic E-state index is 0.725. The smallest absolute Gasteiger partial charge is 0.409 e. The number of aryl methyl sites for hydroxylation is 2. The molecule has 0 atom stereocenters. The zero-order valence-electron chi connectivity index (χ0n) is 6.34. The first-order chi connectivity index (χ1) is 5.11. The van der Waals surface area contributed by atoms with E-state index in [4.69, 9.17) is 5.11 Å². The van der Waals surface area contributed by atoms with E-state index in [0.29, 0.717) is 0 Å². The van der Waals surface area contributed by atoms with Crippen LogP contribution in [0.5, 0.6) is 0 Å². The van der Waals surface area contributed by atoms with Crippen LogP contribution in [0, 0.1) is 13.8 Å². The van der Waals surface area contributed by atoms with Crippen molar-refractivity contribution in [2.75, 3.05) is 5.32 Å². The first-order valence-electron chi connectivity index (χ1n) is 3.16. The molecule has 3 nitrogen and oxygen atoms in total. The molecule has 0 radical (unpaired) electrons. The van der Waals surface area contributed by atoms with Gasteiger partial charge >= 0.3 is 6.09 Å². The number of nitrogens with one attached hydrogen (secondary N) is 1. The Morgan fingerprint density at radius 2 is 2.27 bits per heavy atom. The average molecular weight is 171 g/mol. The fraction of sp³-hybridized carbons (Fsp3) is 0.286. The summed E-state index contributed by atoms with van der Waals surface area (Å²) in [6, 6.07) is 0. The topological polar surface area (TPSA) is 49.3 Å². The molecule has 2 N–H and O–H groups in total. The highest BCUT2D eigenvalue weighted by atomic mass is 32.1. The first-order valence-corrected chi connectivity index (χ1v) is 4.04. The van der Waals surface area contributed by atoms with Gasteiger partial charge in [0.1, 0.15) is 0 Å². The summed E-state index contributed by atoms with van der Waals surface area (Å²) >= 11 is 1.55. The molecule has 1 rings (SSSR count). The molecule has 60 valence electrons. The molecule has 1 heterocycles. The van der Waals surface area contributed by atoms with Gasteiger partial charge in [-0.15, -0.1) is 11.3 Å². The van der Waals surface area contributed by atoms with Crippen LogP contribution in [0.25, 0.3) is 0 Å². The molecule has 0 aliphatic rings. The number of thiophene rings is 1. The predicted molar refractivity (Wildman–Crippen MR) is 45.4 cm³/mol. The lowest BCUT2D eigenvalue weighted by molar-refractivity contribution is 0.209. The summed E-state index contributed by atoms with van der Waals surface area (Å²) in [5.74, 6) is 0. The van der Waals surface area contributed by atoms with E-state index in [-0.39, 0.29) is 0 Å². The van der Waals surface area contributed by atoms with Crippen LogP contribution in [0.15, 0.2) is 5.38 Å². The van der Waals surface area contributed by atoms with Gasteiger partial charge < -0.3 is 5.11 Å². The zero-order chi connectivity index (χ0) is 8.43. The molecule has 0 unspecified atom stereocenters. The van der Waals surface area contributed by atoms with Crippen LogP contribution >= 0.6 is 11.3 Å². The van der Waals surface area contributed by atoms with Crippen molar-refractivity contribution in [3.05, 3.63) is 15.8 Å². The van der Waals surface area contributed by atoms with Gasteiger partial charge in [-0.05, 0) is 24.8 Å². The van der Waals surface area contributed by atoms with Crippen molar-refractivity contribution in [2.45, 2.75) is 13.8 Å². The minimum atomic E-state index is -1.00. The van der Waals surface area contributed by atoms with Gasteiger partial charge in [-0.25, -0.2) is 4.79 Å². The van der Waals surface area contributed by atoms with E-state index in [9.17, 15) is 4.79 Å². The molecule has 0 saturated carbocycles. The van der Waals surface area contributed by atoms with Gasteiger partial charge in [-0.3, -0.25) is 5.32 Å². The summed E-state index contributed by atoms with van der Waals surface area (Å²) < 4.78 is 0. The summed E-state index contributed by atoms with van der Waals surface area (Å²) in [6.45, 7) is 3.78. The van der Waals surface area contributed by atoms with Gasteiger partial charge in [0.2, 0.25) is 0 Å². The number of rotatable bonds is 1. The molecule has 0 aromatic carbocycles. The molecule has 0 spiro atoms. The van der Waals surface area contributed by atoms with Gasteiger partial charge in [-0.1, -0.05) is 0 Å². The maximum atomic E-state index is 10.3. The van der Waals surface area contributed by atoms with Gasteiger partial charge in [-0.2, -0.15) is 0 Å². The van der Waals surface area contributed by atoms with E-state index in [0.717, 1.165) is 16.1 Å². The van der Waals surface area contributed by atoms with Crippen molar-refractivity contribution >= 4 is 23.1 Å². The second-order valence-electron chi connectivity index (χ2n) is 2.28. The van der Waals surface area contributed by atoms with Crippen LogP contribution in [0.2, 0.25) is 0 Å². The Balaban J connectivity index is 2.92. The number of carbonyl (C=O) groups is 1. The van der Waals surface area contributed by atoms with Crippen molar-refractivity contribution in [2.24, 2.45) is 0 Å². The van der Waals surface area contributed by atoms with Crippen LogP contribution in [0.4, 0.5) is 10.5 Å². The summed E-state index contributed by atoms with van der Waals surface area (Å²) in [7, 11) is 0. The zero-order valence-corrected chi connectivity index (χ0v) is 7.16. The van der Waals surface area contributed by atoms with E-state index in [2.05, 4.69) is 5.32 Å². The lowest BCUT2D eigenvalue weighted by Gasteiger charge is -1.99. The summed E-state index contributed by atoms with van der Waals surface area (Å²) in [5.41, 5.74) is 1.71. The molecule has 1 aromatic rings. The lowest BCUT2D eigenvalue weighted by Crippen LogP contribution is -2.07. The van der Waals surface area contributed by atoms with Crippen LogP contribution in [0.3, 0.4) is 0 Å². The third kappa shape index (κ3) is 1.71. The molecular formula is C7H9NO2S. The summed E-state index contributed by atoms with van der Waals surface area (Å²) in [5, 5.41) is 12.7. The van der Waals surface area contributed by atoms with Gasteiger partial charge in [0.15, 0.2) is 0 Å². The Bertz CT molecular complexity index is 260. The Hall–Kier alpha value is -1.03. The highest BCUT2D eigenvalue weighted by Gasteiger charge is 2.06. The Kier molecular flexibility index (Phi) is 2.14. The number of amides is 1. The summed E-state index contributed by atoms with van der Waals surface area (Å²) in [6.07, 6.45) is -1.00. The maximum Gasteiger partial charge on any atom is 0.409 e. The number of hydrogen-bond acceptors (Lipinski definition) is 2. The minimum Gasteiger partial charge on any atom is -0.465 e. The van der Waals surface area contributed by atoms with E-state index in [1.807, 2.05) is 19.2 Å². The van der Waals surface area contributed by atoms with Crippen LogP contribution in [0.1, 0.15) is 10.4 Å². The van der Waals surface area contributed by atoms with Crippen molar-refractivity contribution < 1.29 is 9.90 Å². The first kappa shape index (κ1) is 8.07. The van der Waals surface area contributed by atoms with E-state index in [1.54, 1.807) is 11.3 Å². The quantitative estimate of drug-likeness (QED) is 0.681. The molecule has 1 amide bonds. The third-order valence-corrected chi connectivity index (χ3v) is 2.42. The molecule has 0 bridgehead atoms. The van der Waals surface area contributed by atoms with Crippen molar-refractivity contribution in [3.8, 4) is 0 Å². The molecule has 0 aliphatic carbocycles. The highest BCUT2D eigenvalue weighted by molar-refractivity contribution is 7.10. The SMILES string of the molecule is Cc1csc(C)c1NC(=O)O. The second-order valence-corrected chi connectivity index (χ2v) is 3.36. The van der Waals surface area contributed by atoms with Crippen LogP contribution in [-0.2, 0) is 0 Å². The van der Waals surface area contributed by atoms with Gasteiger partial charge in [0.05, 0.1) is 5.69 Å². The fourth-order valence-electron chi connectivity index (χ4n) is 0.866. The summed E-state index contributed by atoms with van der Waals surface area (Å²) in [4.78, 5) is 11.3. The average Bonchev–Trinajstić information content (AvgIpc) is 2.18. The van der Waals surface area contributed by atoms with Crippen molar-refractivity contribution in [1.82, 2.24) is 0 Å². The van der Waals surface area contributed by atoms with Crippen LogP contribution < -0.4 is 5.32 Å². The standard InChI is InChI=1S/C7H9NO2S/c1-4-3-11-5(2)6(4)8-7(9)10/h3,8H,1-2H3,(H,9,10). The van der Waals surface area contributed by atoms with E-state index in [1.165, 1.54) is 0 Å². The number of hydrogen-bond donors (Lipinski definition) is 2. The molecule has 0 fully saturated rings. The molecule has 4 heteroatoms. The van der Waals surface area contributed by atoms with Crippen molar-refractivity contribution in [3.63, 3.8) is 0 Å². The maximum absolute atomic E-state index is 10.3. The lowest BCUT2D eigenvalue weighted by atomic mass is 10.3. The largest absolute Gasteiger partial charge is 0.465 e. The molecule has 0 saturated heterocycles. The molecular weight excluding hydrogens is 162 g/mol. The number of anilines is 1. The Labute approximate surface area is 68.7 Å². The Morgan fingerprint density at radius 3 is 2.64 bits per heavy atom. The fourth-order valence-corrected chi connectivity index (χ4v) is 1.67. The van der Waals surface area contributed by atoms with E-state index >= 15 is 0 Å². The number of carboxylic acid groups (broad SMARTS) is 1. The van der Waals surface area contributed by atoms with Gasteiger partial charge in [0, 0.05) is 4.88 Å². The van der Waals surface area contributed by atoms with E-state index < -0.39 is 6.09 Å². The Morgan fingerprint density at radius 1 is 1.64 bits per heavy atom. The van der Waals surface area contributed by atoms with Crippen molar-refractivity contribution in [1.29, 1.82) is 0 Å². The monoisotopic (exact) mass is 171 g/mol. The van der Waals surface area contributed by atoms with Gasteiger partial charge in [0.25, 0.3) is 0 Å². The second kappa shape index (κ2) is 2.92. The third-order valence-electron chi connectivity index (χ3n) is 1.39. The molecule has 1 aromatic heterocycles. The van der Waals surface area contributed by atoms with Crippen LogP contribution in [-0.4, -0.2) is 11.2 Å². The molecule has 11 heavy (non-hydrogen) atoms. The normalized spacial score (nSPS) is 9.64.